The molecule has 3 aromatic rings. The normalized spacial score (nSPS) is 12.0. The number of hydrogen-bond donors (Lipinski definition) is 3. The number of aliphatic carboxylic acids is 1. The van der Waals surface area contributed by atoms with Crippen molar-refractivity contribution in [2.75, 3.05) is 13.2 Å². The molecule has 1 amide bonds. The first-order valence-corrected chi connectivity index (χ1v) is 12.9. The maximum Gasteiger partial charge on any atom is 0.305 e. The van der Waals surface area contributed by atoms with Crippen LogP contribution in [0.5, 0.6) is 5.75 Å². The number of benzene rings is 3. The number of hydrogen-bond acceptors (Lipinski definition) is 5. The van der Waals surface area contributed by atoms with Crippen molar-refractivity contribution in [1.29, 1.82) is 0 Å². The zero-order valence-corrected chi connectivity index (χ0v) is 22.2. The first kappa shape index (κ1) is 28.4. The minimum absolute atomic E-state index is 0.101. The predicted molar refractivity (Wildman–Crippen MR) is 149 cm³/mol. The summed E-state index contributed by atoms with van der Waals surface area (Å²) in [6, 6.07) is 21.6. The van der Waals surface area contributed by atoms with Crippen LogP contribution in [0.2, 0.25) is 0 Å². The molecule has 0 aliphatic heterocycles. The number of amides is 1. The Morgan fingerprint density at radius 3 is 2.34 bits per heavy atom. The fraction of sp³-hybridized carbons (Fsp3) is 0.323. The van der Waals surface area contributed by atoms with E-state index < -0.39 is 5.97 Å². The Balaban J connectivity index is 1.52. The van der Waals surface area contributed by atoms with Gasteiger partial charge in [-0.2, -0.15) is 0 Å². The van der Waals surface area contributed by atoms with E-state index in [0.717, 1.165) is 35.1 Å². The van der Waals surface area contributed by atoms with Crippen molar-refractivity contribution in [3.05, 3.63) is 89.0 Å². The lowest BCUT2D eigenvalue weighted by atomic mass is 9.96. The molecular formula is C31H36N2O5. The summed E-state index contributed by atoms with van der Waals surface area (Å²) < 4.78 is 6.05. The Hall–Kier alpha value is -4.13. The number of carboxylic acids is 1. The quantitative estimate of drug-likeness (QED) is 0.144. The van der Waals surface area contributed by atoms with Crippen LogP contribution in [0.1, 0.15) is 66.6 Å². The zero-order valence-electron chi connectivity index (χ0n) is 22.2. The number of rotatable bonds is 13. The second kappa shape index (κ2) is 14.0. The van der Waals surface area contributed by atoms with Gasteiger partial charge in [0.1, 0.15) is 5.75 Å². The van der Waals surface area contributed by atoms with Gasteiger partial charge in [-0.25, -0.2) is 0 Å². The van der Waals surface area contributed by atoms with Crippen molar-refractivity contribution in [3.63, 3.8) is 0 Å². The van der Waals surface area contributed by atoms with Gasteiger partial charge in [0.05, 0.1) is 19.2 Å². The Bertz CT molecular complexity index is 1230. The lowest BCUT2D eigenvalue weighted by Gasteiger charge is -2.15. The highest BCUT2D eigenvalue weighted by molar-refractivity contribution is 5.94. The van der Waals surface area contributed by atoms with Crippen LogP contribution in [0.15, 0.2) is 71.9 Å². The summed E-state index contributed by atoms with van der Waals surface area (Å²) in [6.07, 6.45) is 3.09. The summed E-state index contributed by atoms with van der Waals surface area (Å²) in [7, 11) is 0. The highest BCUT2D eigenvalue weighted by Crippen LogP contribution is 2.28. The molecule has 0 aliphatic carbocycles. The summed E-state index contributed by atoms with van der Waals surface area (Å²) in [6.45, 7) is 7.11. The van der Waals surface area contributed by atoms with E-state index in [1.54, 1.807) is 12.1 Å². The third kappa shape index (κ3) is 8.47. The van der Waals surface area contributed by atoms with Crippen LogP contribution in [0.4, 0.5) is 0 Å². The summed E-state index contributed by atoms with van der Waals surface area (Å²) >= 11 is 0. The molecule has 1 atom stereocenters. The van der Waals surface area contributed by atoms with E-state index in [1.807, 2.05) is 30.3 Å². The molecule has 38 heavy (non-hydrogen) atoms. The molecular weight excluding hydrogens is 480 g/mol. The summed E-state index contributed by atoms with van der Waals surface area (Å²) in [4.78, 5) is 22.7. The molecule has 3 N–H and O–H groups in total. The van der Waals surface area contributed by atoms with Gasteiger partial charge in [-0.05, 0) is 71.2 Å². The van der Waals surface area contributed by atoms with Crippen molar-refractivity contribution in [3.8, 4) is 16.9 Å². The van der Waals surface area contributed by atoms with Gasteiger partial charge in [0.2, 0.25) is 0 Å². The van der Waals surface area contributed by atoms with Crippen molar-refractivity contribution in [1.82, 2.24) is 5.32 Å². The average Bonchev–Trinajstić information content (AvgIpc) is 2.91. The SMILES string of the molecule is CC(CCc1ccc(C(=O)NCCC(=O)O)cc1)COc1ccc(-c2ccc(C(C)C)cc2)c(C=NO)c1. The van der Waals surface area contributed by atoms with E-state index in [0.29, 0.717) is 29.8 Å². The number of carbonyl (C=O) groups is 2. The van der Waals surface area contributed by atoms with E-state index in [1.165, 1.54) is 11.8 Å². The molecule has 0 bridgehead atoms. The Labute approximate surface area is 224 Å². The second-order valence-electron chi connectivity index (χ2n) is 9.82. The minimum Gasteiger partial charge on any atom is -0.493 e. The van der Waals surface area contributed by atoms with Crippen LogP contribution in [-0.2, 0) is 11.2 Å². The van der Waals surface area contributed by atoms with Crippen LogP contribution in [-0.4, -0.2) is 41.6 Å². The van der Waals surface area contributed by atoms with Gasteiger partial charge < -0.3 is 20.4 Å². The number of aryl methyl sites for hydroxylation is 1. The monoisotopic (exact) mass is 516 g/mol. The first-order valence-electron chi connectivity index (χ1n) is 12.9. The molecule has 0 aromatic heterocycles. The van der Waals surface area contributed by atoms with Crippen molar-refractivity contribution in [2.24, 2.45) is 11.1 Å². The summed E-state index contributed by atoms with van der Waals surface area (Å²) in [5.74, 6) is 0.258. The van der Waals surface area contributed by atoms with Gasteiger partial charge in [0, 0.05) is 17.7 Å². The highest BCUT2D eigenvalue weighted by Gasteiger charge is 2.10. The molecule has 3 rings (SSSR count). The molecule has 7 nitrogen and oxygen atoms in total. The van der Waals surface area contributed by atoms with Crippen LogP contribution >= 0.6 is 0 Å². The smallest absolute Gasteiger partial charge is 0.305 e. The van der Waals surface area contributed by atoms with E-state index in [9.17, 15) is 14.8 Å². The van der Waals surface area contributed by atoms with Crippen LogP contribution in [0.3, 0.4) is 0 Å². The molecule has 0 saturated carbocycles. The molecule has 7 heteroatoms. The standard InChI is InChI=1S/C31H36N2O5/c1-21(2)24-10-12-25(13-11-24)29-15-14-28(18-27(29)19-33-37)38-20-22(3)4-5-23-6-8-26(9-7-23)31(36)32-17-16-30(34)35/h6-15,18-19,21-22,37H,4-5,16-17,20H2,1-3H3,(H,32,36)(H,34,35). The van der Waals surface area contributed by atoms with Gasteiger partial charge in [0.15, 0.2) is 0 Å². The molecule has 0 aliphatic rings. The molecule has 0 spiro atoms. The molecule has 200 valence electrons. The number of oxime groups is 1. The molecule has 3 aromatic carbocycles. The Morgan fingerprint density at radius 2 is 1.71 bits per heavy atom. The fourth-order valence-electron chi connectivity index (χ4n) is 4.05. The summed E-state index contributed by atoms with van der Waals surface area (Å²) in [5, 5.41) is 23.7. The lowest BCUT2D eigenvalue weighted by Crippen LogP contribution is -2.25. The summed E-state index contributed by atoms with van der Waals surface area (Å²) in [5.41, 5.74) is 5.70. The lowest BCUT2D eigenvalue weighted by molar-refractivity contribution is -0.136. The van der Waals surface area contributed by atoms with E-state index in [2.05, 4.69) is 55.5 Å². The van der Waals surface area contributed by atoms with Crippen molar-refractivity contribution in [2.45, 2.75) is 46.0 Å². The van der Waals surface area contributed by atoms with Gasteiger partial charge in [-0.3, -0.25) is 9.59 Å². The molecule has 0 heterocycles. The Kier molecular flexibility index (Phi) is 10.5. The maximum absolute atomic E-state index is 12.1. The van der Waals surface area contributed by atoms with Gasteiger partial charge in [0.25, 0.3) is 5.91 Å². The molecule has 0 fully saturated rings. The van der Waals surface area contributed by atoms with E-state index in [4.69, 9.17) is 9.84 Å². The highest BCUT2D eigenvalue weighted by atomic mass is 16.5. The van der Waals surface area contributed by atoms with Gasteiger partial charge in [-0.1, -0.05) is 68.4 Å². The van der Waals surface area contributed by atoms with Crippen molar-refractivity contribution >= 4 is 18.1 Å². The van der Waals surface area contributed by atoms with Gasteiger partial charge >= 0.3 is 5.97 Å². The van der Waals surface area contributed by atoms with E-state index in [-0.39, 0.29) is 18.9 Å². The largest absolute Gasteiger partial charge is 0.493 e. The zero-order chi connectivity index (χ0) is 27.5. The molecule has 1 unspecified atom stereocenters. The Morgan fingerprint density at radius 1 is 1.00 bits per heavy atom. The second-order valence-corrected chi connectivity index (χ2v) is 9.82. The van der Waals surface area contributed by atoms with Crippen molar-refractivity contribution < 1.29 is 24.6 Å². The predicted octanol–water partition coefficient (Wildman–Crippen LogP) is 6.14. The number of carboxylic acid groups (broad SMARTS) is 1. The van der Waals surface area contributed by atoms with Gasteiger partial charge in [-0.15, -0.1) is 0 Å². The number of nitrogens with zero attached hydrogens (tertiary/aromatic N) is 1. The third-order valence-electron chi connectivity index (χ3n) is 6.41. The van der Waals surface area contributed by atoms with E-state index >= 15 is 0 Å². The third-order valence-corrected chi connectivity index (χ3v) is 6.41. The molecule has 0 saturated heterocycles. The number of carbonyl (C=O) groups excluding carboxylic acids is 1. The van der Waals surface area contributed by atoms with Crippen LogP contribution < -0.4 is 10.1 Å². The number of nitrogens with one attached hydrogen (secondary N) is 1. The fourth-order valence-corrected chi connectivity index (χ4v) is 4.05. The number of ether oxygens (including phenoxy) is 1. The maximum atomic E-state index is 12.1. The topological polar surface area (TPSA) is 108 Å². The van der Waals surface area contributed by atoms with Crippen LogP contribution in [0.25, 0.3) is 11.1 Å². The van der Waals surface area contributed by atoms with Crippen LogP contribution in [0, 0.1) is 5.92 Å². The minimum atomic E-state index is -0.942. The molecule has 0 radical (unpaired) electrons. The first-order chi connectivity index (χ1) is 18.3. The average molecular weight is 517 g/mol.